The van der Waals surface area contributed by atoms with Crippen LogP contribution < -0.4 is 0 Å². The molecule has 0 aliphatic rings. The number of hydrogen-bond acceptors (Lipinski definition) is 3. The van der Waals surface area contributed by atoms with Crippen molar-refractivity contribution in [1.82, 2.24) is 9.38 Å². The molecule has 0 saturated carbocycles. The number of nitro benzene ring substituents is 1. The summed E-state index contributed by atoms with van der Waals surface area (Å²) in [4.78, 5) is 14.2. The first-order valence-corrected chi connectivity index (χ1v) is 6.16. The number of aromatic nitrogens is 2. The van der Waals surface area contributed by atoms with Crippen LogP contribution in [0.1, 0.15) is 5.69 Å². The summed E-state index contributed by atoms with van der Waals surface area (Å²) in [7, 11) is 0. The summed E-state index contributed by atoms with van der Waals surface area (Å²) in [5.41, 5.74) is 0.0476. The molecule has 0 fully saturated rings. The number of halogens is 3. The van der Waals surface area contributed by atoms with Gasteiger partial charge in [-0.2, -0.15) is 13.2 Å². The number of hydrogen-bond donors (Lipinski definition) is 0. The summed E-state index contributed by atoms with van der Waals surface area (Å²) in [5.74, 6) is 0. The first-order chi connectivity index (χ1) is 10.4. The lowest BCUT2D eigenvalue weighted by Crippen LogP contribution is -2.10. The average molecular weight is 307 g/mol. The number of pyridine rings is 1. The molecular formula is C14H8F3N3O2. The second kappa shape index (κ2) is 4.83. The lowest BCUT2D eigenvalue weighted by Gasteiger charge is -2.08. The highest BCUT2D eigenvalue weighted by atomic mass is 19.4. The maximum Gasteiger partial charge on any atom is 0.431 e. The highest BCUT2D eigenvalue weighted by molar-refractivity contribution is 5.64. The molecule has 0 atom stereocenters. The van der Waals surface area contributed by atoms with Crippen molar-refractivity contribution in [1.29, 1.82) is 0 Å². The first kappa shape index (κ1) is 14.1. The van der Waals surface area contributed by atoms with E-state index in [0.29, 0.717) is 11.3 Å². The Kier molecular flexibility index (Phi) is 3.09. The third kappa shape index (κ3) is 2.39. The van der Waals surface area contributed by atoms with Gasteiger partial charge < -0.3 is 0 Å². The fraction of sp³-hybridized carbons (Fsp3) is 0.0714. The van der Waals surface area contributed by atoms with Gasteiger partial charge >= 0.3 is 6.18 Å². The third-order valence-corrected chi connectivity index (χ3v) is 3.16. The topological polar surface area (TPSA) is 60.4 Å². The molecule has 5 nitrogen and oxygen atoms in total. The van der Waals surface area contributed by atoms with E-state index in [-0.39, 0.29) is 11.3 Å². The maximum absolute atomic E-state index is 12.9. The van der Waals surface area contributed by atoms with Crippen LogP contribution >= 0.6 is 0 Å². The highest BCUT2D eigenvalue weighted by Crippen LogP contribution is 2.31. The molecule has 1 aromatic carbocycles. The summed E-state index contributed by atoms with van der Waals surface area (Å²) in [6.07, 6.45) is -3.23. The van der Waals surface area contributed by atoms with E-state index in [9.17, 15) is 23.3 Å². The molecule has 0 aliphatic carbocycles. The fourth-order valence-electron chi connectivity index (χ4n) is 2.13. The SMILES string of the molecule is O=[N+]([O-])c1ccc(-c2cn3c(C(F)(F)F)cccc3n2)cc1. The molecule has 0 bridgehead atoms. The van der Waals surface area contributed by atoms with Gasteiger partial charge in [-0.05, 0) is 24.3 Å². The standard InChI is InChI=1S/C14H8F3N3O2/c15-14(16,17)12-2-1-3-13-18-11(8-19(12)13)9-4-6-10(7-5-9)20(21)22/h1-8H. The Labute approximate surface area is 121 Å². The van der Waals surface area contributed by atoms with Crippen LogP contribution in [-0.4, -0.2) is 14.3 Å². The van der Waals surface area contributed by atoms with Crippen molar-refractivity contribution in [3.8, 4) is 11.3 Å². The number of nitro groups is 1. The summed E-state index contributed by atoms with van der Waals surface area (Å²) in [6, 6.07) is 9.18. The molecule has 22 heavy (non-hydrogen) atoms. The van der Waals surface area contributed by atoms with E-state index < -0.39 is 16.8 Å². The van der Waals surface area contributed by atoms with Crippen LogP contribution in [0.25, 0.3) is 16.9 Å². The van der Waals surface area contributed by atoms with Crippen molar-refractivity contribution in [2.75, 3.05) is 0 Å². The Morgan fingerprint density at radius 1 is 1.09 bits per heavy atom. The smallest absolute Gasteiger partial charge is 0.295 e. The Balaban J connectivity index is 2.11. The van der Waals surface area contributed by atoms with Gasteiger partial charge in [-0.15, -0.1) is 0 Å². The van der Waals surface area contributed by atoms with Gasteiger partial charge in [-0.25, -0.2) is 4.98 Å². The second-order valence-corrected chi connectivity index (χ2v) is 4.57. The van der Waals surface area contributed by atoms with Crippen LogP contribution in [-0.2, 0) is 6.18 Å². The Bertz CT molecular complexity index is 854. The number of benzene rings is 1. The molecule has 3 aromatic rings. The molecule has 2 heterocycles. The zero-order chi connectivity index (χ0) is 15.9. The van der Waals surface area contributed by atoms with Crippen molar-refractivity contribution in [3.63, 3.8) is 0 Å². The maximum atomic E-state index is 12.9. The molecule has 0 N–H and O–H groups in total. The number of rotatable bonds is 2. The van der Waals surface area contributed by atoms with Gasteiger partial charge in [-0.1, -0.05) is 6.07 Å². The molecule has 2 aromatic heterocycles. The van der Waals surface area contributed by atoms with E-state index in [1.54, 1.807) is 0 Å². The van der Waals surface area contributed by atoms with Gasteiger partial charge in [0.1, 0.15) is 11.3 Å². The Morgan fingerprint density at radius 3 is 2.36 bits per heavy atom. The van der Waals surface area contributed by atoms with E-state index in [2.05, 4.69) is 4.98 Å². The number of nitrogens with zero attached hydrogens (tertiary/aromatic N) is 3. The summed E-state index contributed by atoms with van der Waals surface area (Å²) in [5, 5.41) is 10.6. The van der Waals surface area contributed by atoms with Crippen LogP contribution in [0.4, 0.5) is 18.9 Å². The molecule has 0 unspecified atom stereocenters. The Hall–Kier alpha value is -2.90. The zero-order valence-corrected chi connectivity index (χ0v) is 10.9. The molecule has 112 valence electrons. The highest BCUT2D eigenvalue weighted by Gasteiger charge is 2.33. The number of alkyl halides is 3. The quantitative estimate of drug-likeness (QED) is 0.532. The van der Waals surface area contributed by atoms with Crippen LogP contribution in [0.5, 0.6) is 0 Å². The normalized spacial score (nSPS) is 11.8. The fourth-order valence-corrected chi connectivity index (χ4v) is 2.13. The van der Waals surface area contributed by atoms with Gasteiger partial charge in [0.05, 0.1) is 10.6 Å². The zero-order valence-electron chi connectivity index (χ0n) is 10.9. The minimum atomic E-state index is -4.49. The number of fused-ring (bicyclic) bond motifs is 1. The minimum absolute atomic E-state index is 0.0940. The van der Waals surface area contributed by atoms with Crippen LogP contribution in [0.2, 0.25) is 0 Å². The van der Waals surface area contributed by atoms with Crippen molar-refractivity contribution in [3.05, 3.63) is 64.5 Å². The third-order valence-electron chi connectivity index (χ3n) is 3.16. The molecule has 3 rings (SSSR count). The average Bonchev–Trinajstić information content (AvgIpc) is 2.90. The van der Waals surface area contributed by atoms with E-state index in [4.69, 9.17) is 0 Å². The summed E-state index contributed by atoms with van der Waals surface area (Å²) in [6.45, 7) is 0. The van der Waals surface area contributed by atoms with Gasteiger partial charge in [0.2, 0.25) is 0 Å². The van der Waals surface area contributed by atoms with E-state index >= 15 is 0 Å². The Morgan fingerprint density at radius 2 is 1.77 bits per heavy atom. The van der Waals surface area contributed by atoms with Crippen molar-refractivity contribution < 1.29 is 18.1 Å². The van der Waals surface area contributed by atoms with Gasteiger partial charge in [0.15, 0.2) is 0 Å². The number of non-ortho nitro benzene ring substituents is 1. The van der Waals surface area contributed by atoms with Gasteiger partial charge in [0.25, 0.3) is 5.69 Å². The molecule has 0 amide bonds. The van der Waals surface area contributed by atoms with E-state index in [1.165, 1.54) is 42.6 Å². The second-order valence-electron chi connectivity index (χ2n) is 4.57. The predicted octanol–water partition coefficient (Wildman–Crippen LogP) is 3.93. The first-order valence-electron chi connectivity index (χ1n) is 6.16. The van der Waals surface area contributed by atoms with E-state index in [0.717, 1.165) is 10.5 Å². The summed E-state index contributed by atoms with van der Waals surface area (Å²) >= 11 is 0. The minimum Gasteiger partial charge on any atom is -0.295 e. The molecular weight excluding hydrogens is 299 g/mol. The number of imidazole rings is 1. The van der Waals surface area contributed by atoms with Crippen molar-refractivity contribution in [2.45, 2.75) is 6.18 Å². The molecule has 0 saturated heterocycles. The lowest BCUT2D eigenvalue weighted by atomic mass is 10.1. The monoisotopic (exact) mass is 307 g/mol. The summed E-state index contributed by atoms with van der Waals surface area (Å²) < 4.78 is 39.8. The van der Waals surface area contributed by atoms with Crippen LogP contribution in [0.15, 0.2) is 48.7 Å². The largest absolute Gasteiger partial charge is 0.431 e. The van der Waals surface area contributed by atoms with Gasteiger partial charge in [0, 0.05) is 23.9 Å². The van der Waals surface area contributed by atoms with Gasteiger partial charge in [-0.3, -0.25) is 14.5 Å². The van der Waals surface area contributed by atoms with Crippen molar-refractivity contribution >= 4 is 11.3 Å². The molecule has 0 aliphatic heterocycles. The molecule has 0 spiro atoms. The lowest BCUT2D eigenvalue weighted by molar-refractivity contribution is -0.384. The van der Waals surface area contributed by atoms with E-state index in [1.807, 2.05) is 0 Å². The molecule has 8 heteroatoms. The predicted molar refractivity (Wildman–Crippen MR) is 72.3 cm³/mol. The molecule has 0 radical (unpaired) electrons. The van der Waals surface area contributed by atoms with Crippen molar-refractivity contribution in [2.24, 2.45) is 0 Å². The van der Waals surface area contributed by atoms with Crippen LogP contribution in [0.3, 0.4) is 0 Å². The van der Waals surface area contributed by atoms with Crippen LogP contribution in [0, 0.1) is 10.1 Å².